The second-order valence-electron chi connectivity index (χ2n) is 6.68. The summed E-state index contributed by atoms with van der Waals surface area (Å²) < 4.78 is 29.7. The first kappa shape index (κ1) is 20.5. The normalized spacial score (nSPS) is 23.9. The van der Waals surface area contributed by atoms with E-state index in [1.54, 1.807) is 47.4 Å². The number of hydrogen-bond donors (Lipinski definition) is 0. The minimum absolute atomic E-state index is 0.0195. The second kappa shape index (κ2) is 8.18. The first-order valence-corrected chi connectivity index (χ1v) is 12.2. The van der Waals surface area contributed by atoms with Crippen LogP contribution < -0.4 is 9.64 Å². The van der Waals surface area contributed by atoms with Crippen LogP contribution in [0.2, 0.25) is 10.0 Å². The number of nitrogens with zero attached hydrogens (tertiary/aromatic N) is 2. The molecule has 1 amide bonds. The molecule has 2 aromatic rings. The van der Waals surface area contributed by atoms with Crippen molar-refractivity contribution in [3.63, 3.8) is 0 Å². The van der Waals surface area contributed by atoms with Crippen LogP contribution in [0.3, 0.4) is 0 Å². The monoisotopic (exact) mass is 470 g/mol. The molecule has 4 rings (SSSR count). The van der Waals surface area contributed by atoms with Crippen LogP contribution in [-0.4, -0.2) is 48.9 Å². The molecule has 2 heterocycles. The Balaban J connectivity index is 1.56. The maximum atomic E-state index is 12.4. The van der Waals surface area contributed by atoms with E-state index in [0.29, 0.717) is 26.6 Å². The molecule has 0 unspecified atom stereocenters. The quantitative estimate of drug-likeness (QED) is 0.678. The Labute approximate surface area is 182 Å². The average molecular weight is 471 g/mol. The SMILES string of the molecule is O=C(COc1ccc(Cl)cc1)N=C1S[C@@H]2CS(=O)(=O)C[C@H]2N1c1cccc(Cl)c1. The zero-order chi connectivity index (χ0) is 20.6. The van der Waals surface area contributed by atoms with E-state index >= 15 is 0 Å². The molecule has 0 aromatic heterocycles. The third-order valence-corrected chi connectivity index (χ3v) is 8.25. The van der Waals surface area contributed by atoms with Crippen LogP contribution in [0, 0.1) is 0 Å². The van der Waals surface area contributed by atoms with Crippen molar-refractivity contribution in [2.45, 2.75) is 11.3 Å². The molecule has 29 heavy (non-hydrogen) atoms. The molecule has 2 fully saturated rings. The molecular weight excluding hydrogens is 455 g/mol. The molecule has 0 bridgehead atoms. The van der Waals surface area contributed by atoms with Gasteiger partial charge in [-0.25, -0.2) is 8.42 Å². The third-order valence-electron chi connectivity index (χ3n) is 4.55. The average Bonchev–Trinajstić information content (AvgIpc) is 3.12. The number of thioether (sulfide) groups is 1. The standard InChI is InChI=1S/C19H16Cl2N2O4S2/c20-12-4-6-15(7-5-12)27-9-18(24)22-19-23(14-3-1-2-13(21)8-14)16-10-29(25,26)11-17(16)28-19/h1-8,16-17H,9-11H2/t16-,17-/m1/s1. The fourth-order valence-corrected chi connectivity index (χ4v) is 7.55. The van der Waals surface area contributed by atoms with Crippen LogP contribution in [0.5, 0.6) is 5.75 Å². The highest BCUT2D eigenvalue weighted by Gasteiger charge is 2.49. The summed E-state index contributed by atoms with van der Waals surface area (Å²) in [7, 11) is -3.13. The highest BCUT2D eigenvalue weighted by Crippen LogP contribution is 2.41. The van der Waals surface area contributed by atoms with Crippen LogP contribution in [-0.2, 0) is 14.6 Å². The number of carbonyl (C=O) groups is 1. The minimum atomic E-state index is -3.13. The topological polar surface area (TPSA) is 76.0 Å². The number of amidine groups is 1. The number of fused-ring (bicyclic) bond motifs is 1. The van der Waals surface area contributed by atoms with Gasteiger partial charge in [-0.2, -0.15) is 4.99 Å². The van der Waals surface area contributed by atoms with Crippen LogP contribution in [0.25, 0.3) is 0 Å². The lowest BCUT2D eigenvalue weighted by molar-refractivity contribution is -0.119. The fourth-order valence-electron chi connectivity index (χ4n) is 3.31. The number of carbonyl (C=O) groups excluding carboxylic acids is 1. The first-order chi connectivity index (χ1) is 13.8. The van der Waals surface area contributed by atoms with Gasteiger partial charge >= 0.3 is 0 Å². The van der Waals surface area contributed by atoms with Gasteiger partial charge in [0, 0.05) is 21.0 Å². The number of anilines is 1. The molecule has 2 aliphatic heterocycles. The number of hydrogen-bond acceptors (Lipinski definition) is 5. The fraction of sp³-hybridized carbons (Fsp3) is 0.263. The van der Waals surface area contributed by atoms with Crippen LogP contribution in [0.4, 0.5) is 5.69 Å². The lowest BCUT2D eigenvalue weighted by Gasteiger charge is -2.24. The molecule has 2 aliphatic rings. The number of sulfone groups is 1. The Morgan fingerprint density at radius 2 is 1.90 bits per heavy atom. The Bertz CT molecular complexity index is 1070. The molecule has 0 spiro atoms. The number of ether oxygens (including phenoxy) is 1. The Kier molecular flexibility index (Phi) is 5.79. The summed E-state index contributed by atoms with van der Waals surface area (Å²) in [5.74, 6) is 0.133. The summed E-state index contributed by atoms with van der Waals surface area (Å²) in [6.45, 7) is -0.233. The minimum Gasteiger partial charge on any atom is -0.484 e. The summed E-state index contributed by atoms with van der Waals surface area (Å²) >= 11 is 13.3. The van der Waals surface area contributed by atoms with E-state index in [2.05, 4.69) is 4.99 Å². The highest BCUT2D eigenvalue weighted by molar-refractivity contribution is 8.16. The Morgan fingerprint density at radius 1 is 1.14 bits per heavy atom. The van der Waals surface area contributed by atoms with E-state index in [4.69, 9.17) is 27.9 Å². The number of rotatable bonds is 4. The molecule has 2 atom stereocenters. The van der Waals surface area contributed by atoms with Gasteiger partial charge in [0.05, 0.1) is 17.5 Å². The largest absolute Gasteiger partial charge is 0.484 e. The molecule has 0 N–H and O–H groups in total. The van der Waals surface area contributed by atoms with E-state index in [1.165, 1.54) is 11.8 Å². The molecule has 10 heteroatoms. The van der Waals surface area contributed by atoms with E-state index in [1.807, 2.05) is 6.07 Å². The second-order valence-corrected chi connectivity index (χ2v) is 10.9. The summed E-state index contributed by atoms with van der Waals surface area (Å²) in [4.78, 5) is 18.4. The van der Waals surface area contributed by atoms with Gasteiger partial charge in [-0.15, -0.1) is 0 Å². The number of benzene rings is 2. The van der Waals surface area contributed by atoms with E-state index in [-0.39, 0.29) is 29.4 Å². The number of aliphatic imine (C=N–C) groups is 1. The molecule has 6 nitrogen and oxygen atoms in total. The highest BCUT2D eigenvalue weighted by atomic mass is 35.5. The molecular formula is C19H16Cl2N2O4S2. The van der Waals surface area contributed by atoms with Crippen LogP contribution in [0.1, 0.15) is 0 Å². The molecule has 152 valence electrons. The summed E-state index contributed by atoms with van der Waals surface area (Å²) in [6, 6.07) is 13.5. The van der Waals surface area contributed by atoms with Crippen molar-refractivity contribution in [1.29, 1.82) is 0 Å². The van der Waals surface area contributed by atoms with Gasteiger partial charge < -0.3 is 9.64 Å². The number of halogens is 2. The third kappa shape index (κ3) is 4.71. The summed E-state index contributed by atoms with van der Waals surface area (Å²) in [6.07, 6.45) is 0. The van der Waals surface area contributed by atoms with Gasteiger partial charge in [0.2, 0.25) is 0 Å². The van der Waals surface area contributed by atoms with Gasteiger partial charge in [0.1, 0.15) is 5.75 Å². The van der Waals surface area contributed by atoms with Crippen molar-refractivity contribution in [3.05, 3.63) is 58.6 Å². The maximum Gasteiger partial charge on any atom is 0.285 e. The molecule has 2 aromatic carbocycles. The predicted molar refractivity (Wildman–Crippen MR) is 117 cm³/mol. The van der Waals surface area contributed by atoms with E-state index < -0.39 is 15.7 Å². The maximum absolute atomic E-state index is 12.4. The predicted octanol–water partition coefficient (Wildman–Crippen LogP) is 3.67. The molecule has 2 saturated heterocycles. The Morgan fingerprint density at radius 3 is 2.62 bits per heavy atom. The molecule has 0 saturated carbocycles. The Hall–Kier alpha value is -1.74. The van der Waals surface area contributed by atoms with Gasteiger partial charge in [0.15, 0.2) is 21.6 Å². The van der Waals surface area contributed by atoms with Crippen molar-refractivity contribution < 1.29 is 17.9 Å². The van der Waals surface area contributed by atoms with Crippen molar-refractivity contribution in [2.24, 2.45) is 4.99 Å². The van der Waals surface area contributed by atoms with Crippen molar-refractivity contribution in [3.8, 4) is 5.75 Å². The van der Waals surface area contributed by atoms with Crippen molar-refractivity contribution >= 4 is 61.6 Å². The van der Waals surface area contributed by atoms with Crippen molar-refractivity contribution in [1.82, 2.24) is 0 Å². The van der Waals surface area contributed by atoms with Crippen molar-refractivity contribution in [2.75, 3.05) is 23.0 Å². The van der Waals surface area contributed by atoms with Crippen LogP contribution in [0.15, 0.2) is 53.5 Å². The lowest BCUT2D eigenvalue weighted by Crippen LogP contribution is -2.37. The lowest BCUT2D eigenvalue weighted by atomic mass is 10.2. The zero-order valence-electron chi connectivity index (χ0n) is 15.0. The first-order valence-electron chi connectivity index (χ1n) is 8.72. The van der Waals surface area contributed by atoms with Gasteiger partial charge in [-0.1, -0.05) is 41.0 Å². The van der Waals surface area contributed by atoms with E-state index in [9.17, 15) is 13.2 Å². The van der Waals surface area contributed by atoms with E-state index in [0.717, 1.165) is 0 Å². The van der Waals surface area contributed by atoms with Gasteiger partial charge in [-0.3, -0.25) is 4.79 Å². The van der Waals surface area contributed by atoms with Gasteiger partial charge in [-0.05, 0) is 42.5 Å². The number of amides is 1. The van der Waals surface area contributed by atoms with Crippen LogP contribution >= 0.6 is 35.0 Å². The zero-order valence-corrected chi connectivity index (χ0v) is 18.1. The molecule has 0 aliphatic carbocycles. The smallest absolute Gasteiger partial charge is 0.285 e. The summed E-state index contributed by atoms with van der Waals surface area (Å²) in [5.41, 5.74) is 0.708. The van der Waals surface area contributed by atoms with Gasteiger partial charge in [0.25, 0.3) is 5.91 Å². The molecule has 0 radical (unpaired) electrons. The summed E-state index contributed by atoms with van der Waals surface area (Å²) in [5, 5.41) is 1.38.